The first-order chi connectivity index (χ1) is 7.83. The second-order valence-corrected chi connectivity index (χ2v) is 3.96. The first-order valence-corrected chi connectivity index (χ1v) is 5.30. The Morgan fingerprint density at radius 2 is 2.19 bits per heavy atom. The molecular formula is C11H13N5. The lowest BCUT2D eigenvalue weighted by atomic mass is 10.2. The maximum absolute atomic E-state index is 5.78. The van der Waals surface area contributed by atoms with E-state index >= 15 is 0 Å². The zero-order chi connectivity index (χ0) is 11.0. The van der Waals surface area contributed by atoms with E-state index in [0.717, 1.165) is 36.8 Å². The molecule has 1 aliphatic heterocycles. The Balaban J connectivity index is 1.88. The van der Waals surface area contributed by atoms with E-state index in [0.29, 0.717) is 0 Å². The van der Waals surface area contributed by atoms with E-state index in [9.17, 15) is 0 Å². The zero-order valence-electron chi connectivity index (χ0n) is 8.87. The summed E-state index contributed by atoms with van der Waals surface area (Å²) in [5, 5.41) is 8.01. The molecule has 0 unspecified atom stereocenters. The molecule has 0 aliphatic carbocycles. The fraction of sp³-hybridized carbons (Fsp3) is 0.273. The Labute approximate surface area is 93.5 Å². The molecule has 0 spiro atoms. The summed E-state index contributed by atoms with van der Waals surface area (Å²) >= 11 is 0. The number of hydrogen-bond donors (Lipinski definition) is 1. The Morgan fingerprint density at radius 1 is 1.25 bits per heavy atom. The fourth-order valence-corrected chi connectivity index (χ4v) is 2.01. The Bertz CT molecular complexity index is 505. The van der Waals surface area contributed by atoms with Gasteiger partial charge in [0.2, 0.25) is 0 Å². The van der Waals surface area contributed by atoms with Crippen molar-refractivity contribution in [3.8, 4) is 0 Å². The van der Waals surface area contributed by atoms with E-state index in [4.69, 9.17) is 5.73 Å². The van der Waals surface area contributed by atoms with Crippen LogP contribution in [0.3, 0.4) is 0 Å². The minimum absolute atomic E-state index is 0.795. The highest BCUT2D eigenvalue weighted by Crippen LogP contribution is 2.21. The zero-order valence-corrected chi connectivity index (χ0v) is 8.87. The molecule has 3 rings (SSSR count). The van der Waals surface area contributed by atoms with Gasteiger partial charge in [0.1, 0.15) is 6.33 Å². The second kappa shape index (κ2) is 3.52. The van der Waals surface area contributed by atoms with Gasteiger partial charge in [-0.15, -0.1) is 10.2 Å². The Morgan fingerprint density at radius 3 is 3.06 bits per heavy atom. The SMILES string of the molecule is Nc1cccc(N2CCn3cnnc3C2)c1. The highest BCUT2D eigenvalue weighted by atomic mass is 15.3. The molecule has 2 aromatic rings. The molecule has 5 heteroatoms. The van der Waals surface area contributed by atoms with Crippen molar-refractivity contribution in [3.05, 3.63) is 36.4 Å². The van der Waals surface area contributed by atoms with Crippen LogP contribution in [0.15, 0.2) is 30.6 Å². The minimum atomic E-state index is 0.795. The van der Waals surface area contributed by atoms with E-state index in [1.54, 1.807) is 6.33 Å². The van der Waals surface area contributed by atoms with Crippen LogP contribution >= 0.6 is 0 Å². The van der Waals surface area contributed by atoms with Crippen molar-refractivity contribution >= 4 is 11.4 Å². The summed E-state index contributed by atoms with van der Waals surface area (Å²) in [6, 6.07) is 7.94. The van der Waals surface area contributed by atoms with Crippen molar-refractivity contribution in [1.82, 2.24) is 14.8 Å². The van der Waals surface area contributed by atoms with E-state index < -0.39 is 0 Å². The summed E-state index contributed by atoms with van der Waals surface area (Å²) in [5.41, 5.74) is 7.72. The van der Waals surface area contributed by atoms with Gasteiger partial charge in [-0.25, -0.2) is 0 Å². The average Bonchev–Trinajstić information content (AvgIpc) is 2.75. The summed E-state index contributed by atoms with van der Waals surface area (Å²) < 4.78 is 2.09. The topological polar surface area (TPSA) is 60.0 Å². The standard InChI is InChI=1S/C11H13N5/c12-9-2-1-3-10(6-9)15-4-5-16-8-13-14-11(16)7-15/h1-3,6,8H,4-5,7,12H2. The minimum Gasteiger partial charge on any atom is -0.399 e. The summed E-state index contributed by atoms with van der Waals surface area (Å²) in [6.45, 7) is 2.69. The predicted molar refractivity (Wildman–Crippen MR) is 61.9 cm³/mol. The van der Waals surface area contributed by atoms with Gasteiger partial charge in [-0.1, -0.05) is 6.07 Å². The third-order valence-electron chi connectivity index (χ3n) is 2.87. The Kier molecular flexibility index (Phi) is 2.02. The van der Waals surface area contributed by atoms with Crippen LogP contribution < -0.4 is 10.6 Å². The third-order valence-corrected chi connectivity index (χ3v) is 2.87. The van der Waals surface area contributed by atoms with Crippen LogP contribution in [-0.2, 0) is 13.1 Å². The maximum atomic E-state index is 5.78. The van der Waals surface area contributed by atoms with Crippen molar-refractivity contribution in [2.45, 2.75) is 13.1 Å². The maximum Gasteiger partial charge on any atom is 0.152 e. The van der Waals surface area contributed by atoms with Gasteiger partial charge in [-0.3, -0.25) is 0 Å². The number of fused-ring (bicyclic) bond motifs is 1. The largest absolute Gasteiger partial charge is 0.399 e. The van der Waals surface area contributed by atoms with Crippen LogP contribution in [0.5, 0.6) is 0 Å². The molecule has 0 radical (unpaired) electrons. The number of benzene rings is 1. The molecule has 2 N–H and O–H groups in total. The molecule has 0 amide bonds. The summed E-state index contributed by atoms with van der Waals surface area (Å²) in [7, 11) is 0. The van der Waals surface area contributed by atoms with Crippen LogP contribution in [0.2, 0.25) is 0 Å². The van der Waals surface area contributed by atoms with E-state index in [-0.39, 0.29) is 0 Å². The molecule has 0 saturated heterocycles. The number of nitrogens with two attached hydrogens (primary N) is 1. The molecule has 1 aromatic carbocycles. The highest BCUT2D eigenvalue weighted by molar-refractivity contribution is 5.56. The van der Waals surface area contributed by atoms with Crippen LogP contribution in [0.25, 0.3) is 0 Å². The van der Waals surface area contributed by atoms with Gasteiger partial charge in [-0.2, -0.15) is 0 Å². The monoisotopic (exact) mass is 215 g/mol. The normalized spacial score (nSPS) is 14.9. The van der Waals surface area contributed by atoms with E-state index in [1.165, 1.54) is 0 Å². The van der Waals surface area contributed by atoms with Gasteiger partial charge < -0.3 is 15.2 Å². The number of nitrogens with zero attached hydrogens (tertiary/aromatic N) is 4. The van der Waals surface area contributed by atoms with E-state index in [2.05, 4.69) is 25.7 Å². The van der Waals surface area contributed by atoms with Crippen molar-refractivity contribution in [2.75, 3.05) is 17.2 Å². The highest BCUT2D eigenvalue weighted by Gasteiger charge is 2.17. The van der Waals surface area contributed by atoms with Gasteiger partial charge in [0, 0.05) is 24.5 Å². The van der Waals surface area contributed by atoms with Gasteiger partial charge in [0.05, 0.1) is 6.54 Å². The van der Waals surface area contributed by atoms with Crippen molar-refractivity contribution in [2.24, 2.45) is 0 Å². The smallest absolute Gasteiger partial charge is 0.152 e. The molecule has 16 heavy (non-hydrogen) atoms. The molecule has 5 nitrogen and oxygen atoms in total. The van der Waals surface area contributed by atoms with Crippen molar-refractivity contribution in [3.63, 3.8) is 0 Å². The lowest BCUT2D eigenvalue weighted by molar-refractivity contribution is 0.560. The molecule has 82 valence electrons. The van der Waals surface area contributed by atoms with Crippen LogP contribution in [-0.4, -0.2) is 21.3 Å². The second-order valence-electron chi connectivity index (χ2n) is 3.96. The number of rotatable bonds is 1. The summed E-state index contributed by atoms with van der Waals surface area (Å²) in [4.78, 5) is 2.26. The first kappa shape index (κ1) is 9.21. The van der Waals surface area contributed by atoms with Crippen molar-refractivity contribution in [1.29, 1.82) is 0 Å². The van der Waals surface area contributed by atoms with Gasteiger partial charge in [-0.05, 0) is 18.2 Å². The quantitative estimate of drug-likeness (QED) is 0.717. The summed E-state index contributed by atoms with van der Waals surface area (Å²) in [5.74, 6) is 1.01. The number of aromatic nitrogens is 3. The summed E-state index contributed by atoms with van der Waals surface area (Å²) in [6.07, 6.45) is 1.78. The third kappa shape index (κ3) is 1.50. The Hall–Kier alpha value is -2.04. The number of hydrogen-bond acceptors (Lipinski definition) is 4. The molecule has 2 heterocycles. The molecule has 0 atom stereocenters. The number of anilines is 2. The molecule has 0 bridgehead atoms. The fourth-order valence-electron chi connectivity index (χ4n) is 2.01. The van der Waals surface area contributed by atoms with E-state index in [1.807, 2.05) is 18.2 Å². The van der Waals surface area contributed by atoms with Crippen molar-refractivity contribution < 1.29 is 0 Å². The van der Waals surface area contributed by atoms with Crippen LogP contribution in [0.1, 0.15) is 5.82 Å². The number of nitrogen functional groups attached to an aromatic ring is 1. The lowest BCUT2D eigenvalue weighted by Crippen LogP contribution is -2.33. The first-order valence-electron chi connectivity index (χ1n) is 5.30. The molecule has 0 saturated carbocycles. The van der Waals surface area contributed by atoms with Crippen LogP contribution in [0.4, 0.5) is 11.4 Å². The van der Waals surface area contributed by atoms with Crippen LogP contribution in [0, 0.1) is 0 Å². The predicted octanol–water partition coefficient (Wildman–Crippen LogP) is 0.880. The van der Waals surface area contributed by atoms with Gasteiger partial charge >= 0.3 is 0 Å². The average molecular weight is 215 g/mol. The lowest BCUT2D eigenvalue weighted by Gasteiger charge is -2.29. The molecule has 1 aromatic heterocycles. The molecule has 1 aliphatic rings. The van der Waals surface area contributed by atoms with Gasteiger partial charge in [0.15, 0.2) is 5.82 Å². The van der Waals surface area contributed by atoms with Gasteiger partial charge in [0.25, 0.3) is 0 Å². The molecule has 0 fully saturated rings. The molecular weight excluding hydrogens is 202 g/mol.